The van der Waals surface area contributed by atoms with Crippen molar-refractivity contribution < 1.29 is 42.2 Å². The van der Waals surface area contributed by atoms with E-state index in [1.807, 2.05) is 0 Å². The monoisotopic (exact) mass is 430 g/mol. The van der Waals surface area contributed by atoms with Crippen molar-refractivity contribution in [2.45, 2.75) is 36.6 Å². The Morgan fingerprint density at radius 3 is 2.45 bits per heavy atom. The summed E-state index contributed by atoms with van der Waals surface area (Å²) < 4.78 is 56.1. The molecule has 10 nitrogen and oxygen atoms in total. The molecular weight excluding hydrogens is 411 g/mol. The Labute approximate surface area is 165 Å². The van der Waals surface area contributed by atoms with Crippen molar-refractivity contribution in [3.8, 4) is 16.9 Å². The molecule has 1 aromatic carbocycles. The molecule has 2 heterocycles. The summed E-state index contributed by atoms with van der Waals surface area (Å²) in [5.41, 5.74) is 4.43. The zero-order valence-electron chi connectivity index (χ0n) is 14.8. The van der Waals surface area contributed by atoms with Gasteiger partial charge in [0.05, 0.1) is 6.20 Å². The number of halogens is 1. The number of ether oxygens (including phenoxy) is 2. The molecule has 1 saturated heterocycles. The first-order chi connectivity index (χ1) is 13.6. The second-order valence-electron chi connectivity index (χ2n) is 6.40. The zero-order chi connectivity index (χ0) is 21.3. The molecule has 12 heteroatoms. The topological polar surface area (TPSA) is 172 Å². The molecule has 1 aliphatic heterocycles. The van der Waals surface area contributed by atoms with Gasteiger partial charge in [-0.2, -0.15) is 8.42 Å². The third-order valence-electron chi connectivity index (χ3n) is 4.39. The minimum atomic E-state index is -4.91. The molecule has 0 saturated carbocycles. The second-order valence-corrected chi connectivity index (χ2v) is 7.89. The molecule has 158 valence electrons. The van der Waals surface area contributed by atoms with Gasteiger partial charge in [-0.3, -0.25) is 9.54 Å². The van der Waals surface area contributed by atoms with Crippen molar-refractivity contribution in [1.82, 2.24) is 4.98 Å². The summed E-state index contributed by atoms with van der Waals surface area (Å²) in [6.07, 6.45) is -4.99. The largest absolute Gasteiger partial charge is 0.460 e. The molecule has 0 radical (unpaired) electrons. The molecule has 1 fully saturated rings. The van der Waals surface area contributed by atoms with E-state index < -0.39 is 46.0 Å². The maximum Gasteiger partial charge on any atom is 0.295 e. The van der Waals surface area contributed by atoms with Gasteiger partial charge in [0.1, 0.15) is 29.9 Å². The van der Waals surface area contributed by atoms with Crippen LogP contribution in [0, 0.1) is 5.82 Å². The van der Waals surface area contributed by atoms with Crippen LogP contribution in [0.2, 0.25) is 0 Å². The van der Waals surface area contributed by atoms with Crippen LogP contribution in [0.15, 0.2) is 36.7 Å². The van der Waals surface area contributed by atoms with E-state index in [1.165, 1.54) is 30.6 Å². The molecule has 1 unspecified atom stereocenters. The smallest absolute Gasteiger partial charge is 0.295 e. The van der Waals surface area contributed by atoms with Gasteiger partial charge < -0.3 is 30.5 Å². The number of nitrogens with zero attached hydrogens (tertiary/aromatic N) is 1. The molecule has 29 heavy (non-hydrogen) atoms. The number of benzene rings is 1. The van der Waals surface area contributed by atoms with Crippen molar-refractivity contribution in [3.63, 3.8) is 0 Å². The molecule has 1 aromatic heterocycles. The number of nitrogens with two attached hydrogens (primary N) is 1. The van der Waals surface area contributed by atoms with Crippen LogP contribution in [0.5, 0.6) is 5.75 Å². The molecule has 2 aromatic rings. The van der Waals surface area contributed by atoms with Crippen LogP contribution in [0.25, 0.3) is 11.1 Å². The van der Waals surface area contributed by atoms with Gasteiger partial charge in [-0.1, -0.05) is 12.1 Å². The van der Waals surface area contributed by atoms with Crippen LogP contribution in [0.4, 0.5) is 4.39 Å². The third-order valence-corrected chi connectivity index (χ3v) is 5.37. The van der Waals surface area contributed by atoms with Crippen LogP contribution in [0.3, 0.4) is 0 Å². The van der Waals surface area contributed by atoms with Crippen LogP contribution in [-0.4, -0.2) is 63.3 Å². The summed E-state index contributed by atoms with van der Waals surface area (Å²) in [6, 6.07) is 5.80. The van der Waals surface area contributed by atoms with E-state index in [2.05, 4.69) is 4.98 Å². The molecule has 6 N–H and O–H groups in total. The minimum absolute atomic E-state index is 0.00691. The number of aliphatic hydroxyl groups excluding tert-OH is 3. The lowest BCUT2D eigenvalue weighted by Crippen LogP contribution is -2.61. The Balaban J connectivity index is 1.85. The van der Waals surface area contributed by atoms with Gasteiger partial charge in [-0.05, 0) is 17.7 Å². The van der Waals surface area contributed by atoms with Crippen molar-refractivity contribution >= 4 is 10.1 Å². The predicted octanol–water partition coefficient (Wildman–Crippen LogP) is -0.622. The highest BCUT2D eigenvalue weighted by Gasteiger charge is 2.50. The molecule has 0 amide bonds. The second kappa shape index (κ2) is 8.28. The minimum Gasteiger partial charge on any atom is -0.460 e. The standard InChI is InChI=1S/C17H19FN2O8S/c18-12-4-8(1-2-9(12)5-19)10-3-11(7-20-6-10)27-16-14(22)13(21)15(23)17(28-16)29(24,25)26/h1-4,6-7,13-17,21-23H,5,19H2,(H,24,25,26)/t13-,14-,15+,16-,17?/m1/s1. The number of pyridine rings is 1. The van der Waals surface area contributed by atoms with Crippen LogP contribution >= 0.6 is 0 Å². The van der Waals surface area contributed by atoms with E-state index in [4.69, 9.17) is 19.8 Å². The molecule has 0 aliphatic carbocycles. The lowest BCUT2D eigenvalue weighted by molar-refractivity contribution is -0.254. The lowest BCUT2D eigenvalue weighted by Gasteiger charge is -2.38. The first-order valence-corrected chi connectivity index (χ1v) is 9.88. The normalized spacial score (nSPS) is 27.6. The molecule has 0 bridgehead atoms. The highest BCUT2D eigenvalue weighted by atomic mass is 32.2. The number of aliphatic hydroxyl groups is 3. The van der Waals surface area contributed by atoms with E-state index in [0.29, 0.717) is 16.7 Å². The Kier molecular flexibility index (Phi) is 6.14. The average molecular weight is 430 g/mol. The zero-order valence-corrected chi connectivity index (χ0v) is 15.6. The quantitative estimate of drug-likeness (QED) is 0.385. The maximum atomic E-state index is 14.0. The fourth-order valence-electron chi connectivity index (χ4n) is 2.83. The lowest BCUT2D eigenvalue weighted by atomic mass is 10.0. The summed E-state index contributed by atoms with van der Waals surface area (Å²) in [5, 5.41) is 29.6. The summed E-state index contributed by atoms with van der Waals surface area (Å²) >= 11 is 0. The predicted molar refractivity (Wildman–Crippen MR) is 96.4 cm³/mol. The SMILES string of the molecule is NCc1ccc(-c2cncc(O[C@@H]3OC(S(=O)(=O)O)[C@@H](O)[C@H](O)[C@H]3O)c2)cc1F. The highest BCUT2D eigenvalue weighted by molar-refractivity contribution is 7.86. The fraction of sp³-hybridized carbons (Fsp3) is 0.353. The highest BCUT2D eigenvalue weighted by Crippen LogP contribution is 2.29. The van der Waals surface area contributed by atoms with E-state index in [0.717, 1.165) is 0 Å². The maximum absolute atomic E-state index is 14.0. The molecule has 3 rings (SSSR count). The Bertz CT molecular complexity index is 989. The van der Waals surface area contributed by atoms with E-state index in [-0.39, 0.29) is 12.3 Å². The fourth-order valence-corrected chi connectivity index (χ4v) is 3.59. The number of aromatic nitrogens is 1. The van der Waals surface area contributed by atoms with Crippen molar-refractivity contribution in [3.05, 3.63) is 48.0 Å². The van der Waals surface area contributed by atoms with E-state index >= 15 is 0 Å². The number of rotatable bonds is 5. The van der Waals surface area contributed by atoms with Gasteiger partial charge >= 0.3 is 0 Å². The van der Waals surface area contributed by atoms with Gasteiger partial charge in [0.25, 0.3) is 10.1 Å². The Morgan fingerprint density at radius 2 is 1.83 bits per heavy atom. The Hall–Kier alpha value is -2.19. The van der Waals surface area contributed by atoms with Crippen molar-refractivity contribution in [2.24, 2.45) is 5.73 Å². The molecule has 1 aliphatic rings. The van der Waals surface area contributed by atoms with Gasteiger partial charge in [0.2, 0.25) is 11.7 Å². The molecule has 5 atom stereocenters. The van der Waals surface area contributed by atoms with Gasteiger partial charge in [0, 0.05) is 23.9 Å². The van der Waals surface area contributed by atoms with Crippen molar-refractivity contribution in [2.75, 3.05) is 0 Å². The van der Waals surface area contributed by atoms with Gasteiger partial charge in [-0.15, -0.1) is 0 Å². The average Bonchev–Trinajstić information content (AvgIpc) is 2.67. The number of hydrogen-bond acceptors (Lipinski definition) is 9. The van der Waals surface area contributed by atoms with E-state index in [9.17, 15) is 28.1 Å². The number of hydrogen-bond donors (Lipinski definition) is 5. The first kappa shape index (κ1) is 21.5. The summed E-state index contributed by atoms with van der Waals surface area (Å²) in [4.78, 5) is 3.94. The first-order valence-electron chi connectivity index (χ1n) is 8.38. The van der Waals surface area contributed by atoms with Crippen LogP contribution in [0.1, 0.15) is 5.56 Å². The van der Waals surface area contributed by atoms with Crippen LogP contribution in [-0.2, 0) is 21.4 Å². The summed E-state index contributed by atoms with van der Waals surface area (Å²) in [7, 11) is -4.91. The third kappa shape index (κ3) is 4.53. The Morgan fingerprint density at radius 1 is 1.10 bits per heavy atom. The van der Waals surface area contributed by atoms with Crippen molar-refractivity contribution in [1.29, 1.82) is 0 Å². The molecular formula is C17H19FN2O8S. The summed E-state index contributed by atoms with van der Waals surface area (Å²) in [6.45, 7) is 0.0352. The van der Waals surface area contributed by atoms with Crippen LogP contribution < -0.4 is 10.5 Å². The van der Waals surface area contributed by atoms with Gasteiger partial charge in [0.15, 0.2) is 0 Å². The van der Waals surface area contributed by atoms with E-state index in [1.54, 1.807) is 6.07 Å². The van der Waals surface area contributed by atoms with Gasteiger partial charge in [-0.25, -0.2) is 4.39 Å². The summed E-state index contributed by atoms with van der Waals surface area (Å²) in [5.74, 6) is -0.511. The molecule has 0 spiro atoms.